The van der Waals surface area contributed by atoms with Gasteiger partial charge in [0.15, 0.2) is 6.67 Å². The maximum atomic E-state index is 11.8. The van der Waals surface area contributed by atoms with Gasteiger partial charge in [0.2, 0.25) is 0 Å². The summed E-state index contributed by atoms with van der Waals surface area (Å²) in [4.78, 5) is 21.2. The Bertz CT molecular complexity index is 312. The third-order valence-corrected chi connectivity index (χ3v) is 1.57. The number of alkyl halides is 1. The van der Waals surface area contributed by atoms with Crippen LogP contribution in [0.5, 0.6) is 0 Å². The summed E-state index contributed by atoms with van der Waals surface area (Å²) in [5.74, 6) is -1.87. The van der Waals surface area contributed by atoms with Crippen molar-refractivity contribution >= 4 is 11.9 Å². The van der Waals surface area contributed by atoms with Crippen molar-refractivity contribution in [3.8, 4) is 0 Å². The fraction of sp³-hybridized carbons (Fsp3) is 0.250. The van der Waals surface area contributed by atoms with Crippen molar-refractivity contribution in [3.05, 3.63) is 23.9 Å². The first-order chi connectivity index (χ1) is 6.63. The van der Waals surface area contributed by atoms with Crippen LogP contribution in [0.3, 0.4) is 0 Å². The highest BCUT2D eigenvalue weighted by Gasteiger charge is 2.14. The molecule has 1 rings (SSSR count). The predicted octanol–water partition coefficient (Wildman–Crippen LogP) is -0.173. The lowest BCUT2D eigenvalue weighted by Crippen LogP contribution is -2.42. The van der Waals surface area contributed by atoms with E-state index in [0.717, 1.165) is 0 Å². The van der Waals surface area contributed by atoms with E-state index in [1.807, 2.05) is 0 Å². The Morgan fingerprint density at radius 2 is 2.36 bits per heavy atom. The van der Waals surface area contributed by atoms with E-state index in [4.69, 9.17) is 5.11 Å². The Kier molecular flexibility index (Phi) is 3.22. The topological polar surface area (TPSA) is 69.6 Å². The van der Waals surface area contributed by atoms with Crippen LogP contribution in [-0.4, -0.2) is 35.2 Å². The maximum Gasteiger partial charge on any atom is 0.333 e. The van der Waals surface area contributed by atoms with Gasteiger partial charge in [-0.25, -0.2) is 9.18 Å². The lowest BCUT2D eigenvalue weighted by Gasteiger charge is -2.22. The Morgan fingerprint density at radius 1 is 1.64 bits per heavy atom. The van der Waals surface area contributed by atoms with Crippen LogP contribution >= 0.6 is 0 Å². The molecule has 76 valence electrons. The summed E-state index contributed by atoms with van der Waals surface area (Å²) in [6.07, 6.45) is 4.34. The first-order valence-corrected chi connectivity index (χ1v) is 3.86. The number of carboxylic acid groups (broad SMARTS) is 1. The van der Waals surface area contributed by atoms with Gasteiger partial charge >= 0.3 is 5.97 Å². The summed E-state index contributed by atoms with van der Waals surface area (Å²) < 4.78 is 11.8. The van der Waals surface area contributed by atoms with Gasteiger partial charge in [-0.15, -0.1) is 0 Å². The minimum atomic E-state index is -1.13. The zero-order valence-corrected chi connectivity index (χ0v) is 7.24. The van der Waals surface area contributed by atoms with Gasteiger partial charge in [0.25, 0.3) is 5.91 Å². The molecule has 0 spiro atoms. The van der Waals surface area contributed by atoms with E-state index in [2.05, 4.69) is 5.43 Å². The van der Waals surface area contributed by atoms with Gasteiger partial charge in [0.1, 0.15) is 0 Å². The molecular weight excluding hydrogens is 191 g/mol. The van der Waals surface area contributed by atoms with E-state index < -0.39 is 18.6 Å². The summed E-state index contributed by atoms with van der Waals surface area (Å²) in [5, 5.41) is 9.85. The average molecular weight is 200 g/mol. The van der Waals surface area contributed by atoms with Gasteiger partial charge in [-0.3, -0.25) is 15.2 Å². The van der Waals surface area contributed by atoms with Crippen LogP contribution in [0.2, 0.25) is 0 Å². The molecule has 0 aliphatic carbocycles. The second-order valence-corrected chi connectivity index (χ2v) is 2.64. The summed E-state index contributed by atoms with van der Waals surface area (Å²) >= 11 is 0. The first-order valence-electron chi connectivity index (χ1n) is 3.86. The smallest absolute Gasteiger partial charge is 0.333 e. The van der Waals surface area contributed by atoms with E-state index >= 15 is 0 Å². The van der Waals surface area contributed by atoms with Crippen LogP contribution in [0, 0.1) is 0 Å². The summed E-state index contributed by atoms with van der Waals surface area (Å²) in [7, 11) is 0. The van der Waals surface area contributed by atoms with Crippen molar-refractivity contribution in [1.82, 2.24) is 10.4 Å². The number of carboxylic acids is 1. The zero-order chi connectivity index (χ0) is 10.6. The molecular formula is C8H9FN2O3. The quantitative estimate of drug-likeness (QED) is 0.663. The summed E-state index contributed by atoms with van der Waals surface area (Å²) in [6, 6.07) is 0. The molecule has 0 bridgehead atoms. The van der Waals surface area contributed by atoms with E-state index in [1.165, 1.54) is 23.4 Å². The molecule has 0 radical (unpaired) electrons. The van der Waals surface area contributed by atoms with Gasteiger partial charge < -0.3 is 5.11 Å². The number of nitrogens with zero attached hydrogens (tertiary/aromatic N) is 1. The number of amides is 1. The van der Waals surface area contributed by atoms with Crippen molar-refractivity contribution in [1.29, 1.82) is 0 Å². The van der Waals surface area contributed by atoms with E-state index in [9.17, 15) is 14.0 Å². The molecule has 0 fully saturated rings. The van der Waals surface area contributed by atoms with Crippen molar-refractivity contribution in [2.75, 3.05) is 13.2 Å². The third-order valence-electron chi connectivity index (χ3n) is 1.57. The SMILES string of the molecule is O=C(CF)NN1C=CC=C(C(=O)O)C1. The molecule has 1 aliphatic rings. The summed E-state index contributed by atoms with van der Waals surface area (Å²) in [5.41, 5.74) is 2.31. The van der Waals surface area contributed by atoms with Crippen LogP contribution in [0.1, 0.15) is 0 Å². The van der Waals surface area contributed by atoms with E-state index in [0.29, 0.717) is 0 Å². The van der Waals surface area contributed by atoms with Crippen LogP contribution in [0.15, 0.2) is 23.9 Å². The number of hydrogen-bond acceptors (Lipinski definition) is 3. The molecule has 14 heavy (non-hydrogen) atoms. The molecule has 0 aromatic rings. The van der Waals surface area contributed by atoms with E-state index in [-0.39, 0.29) is 12.1 Å². The molecule has 0 unspecified atom stereocenters. The van der Waals surface area contributed by atoms with Gasteiger partial charge in [0.05, 0.1) is 12.1 Å². The molecule has 0 atom stereocenters. The van der Waals surface area contributed by atoms with Gasteiger partial charge in [-0.05, 0) is 12.2 Å². The molecule has 1 heterocycles. The molecule has 1 aliphatic heterocycles. The standard InChI is InChI=1S/C8H9FN2O3/c9-4-7(12)10-11-3-1-2-6(5-11)8(13)14/h1-3H,4-5H2,(H,10,12)(H,13,14). The highest BCUT2D eigenvalue weighted by Crippen LogP contribution is 2.04. The predicted molar refractivity (Wildman–Crippen MR) is 45.7 cm³/mol. The van der Waals surface area contributed by atoms with Crippen molar-refractivity contribution in [2.24, 2.45) is 0 Å². The number of halogens is 1. The van der Waals surface area contributed by atoms with E-state index in [1.54, 1.807) is 0 Å². The first kappa shape index (κ1) is 10.2. The fourth-order valence-corrected chi connectivity index (χ4v) is 0.958. The van der Waals surface area contributed by atoms with Crippen molar-refractivity contribution in [3.63, 3.8) is 0 Å². The Labute approximate surface area is 79.5 Å². The molecule has 5 nitrogen and oxygen atoms in total. The number of nitrogens with one attached hydrogen (secondary N) is 1. The second kappa shape index (κ2) is 4.40. The Morgan fingerprint density at radius 3 is 2.93 bits per heavy atom. The largest absolute Gasteiger partial charge is 0.478 e. The summed E-state index contributed by atoms with van der Waals surface area (Å²) in [6.45, 7) is -1.10. The highest BCUT2D eigenvalue weighted by atomic mass is 19.1. The monoisotopic (exact) mass is 200 g/mol. The minimum Gasteiger partial charge on any atom is -0.478 e. The number of hydrazine groups is 1. The molecule has 0 aromatic heterocycles. The lowest BCUT2D eigenvalue weighted by molar-refractivity contribution is -0.133. The second-order valence-electron chi connectivity index (χ2n) is 2.64. The number of rotatable bonds is 3. The molecule has 0 aromatic carbocycles. The number of aliphatic carboxylic acids is 1. The van der Waals surface area contributed by atoms with Gasteiger partial charge in [-0.2, -0.15) is 0 Å². The van der Waals surface area contributed by atoms with Gasteiger partial charge in [0, 0.05) is 6.20 Å². The number of carbonyl (C=O) groups is 2. The van der Waals surface area contributed by atoms with Gasteiger partial charge in [-0.1, -0.05) is 0 Å². The zero-order valence-electron chi connectivity index (χ0n) is 7.24. The number of allylic oxidation sites excluding steroid dienone is 2. The molecule has 0 saturated carbocycles. The maximum absolute atomic E-state index is 11.8. The molecule has 2 N–H and O–H groups in total. The highest BCUT2D eigenvalue weighted by molar-refractivity contribution is 5.87. The van der Waals surface area contributed by atoms with Crippen LogP contribution in [0.25, 0.3) is 0 Å². The Hall–Kier alpha value is -1.85. The molecule has 6 heteroatoms. The van der Waals surface area contributed by atoms with Crippen LogP contribution < -0.4 is 5.43 Å². The van der Waals surface area contributed by atoms with Crippen LogP contribution in [-0.2, 0) is 9.59 Å². The Balaban J connectivity index is 2.54. The lowest BCUT2D eigenvalue weighted by atomic mass is 10.2. The van der Waals surface area contributed by atoms with Crippen LogP contribution in [0.4, 0.5) is 4.39 Å². The molecule has 0 saturated heterocycles. The van der Waals surface area contributed by atoms with Crippen molar-refractivity contribution in [2.45, 2.75) is 0 Å². The number of hydrogen-bond donors (Lipinski definition) is 2. The van der Waals surface area contributed by atoms with Crippen molar-refractivity contribution < 1.29 is 19.1 Å². The normalized spacial score (nSPS) is 14.9. The third kappa shape index (κ3) is 2.58. The molecule has 1 amide bonds. The minimum absolute atomic E-state index is 0.0254. The fourth-order valence-electron chi connectivity index (χ4n) is 0.958. The average Bonchev–Trinajstić information content (AvgIpc) is 2.18. The number of carbonyl (C=O) groups excluding carboxylic acids is 1.